The van der Waals surface area contributed by atoms with Crippen molar-refractivity contribution in [2.45, 2.75) is 13.5 Å². The molecule has 0 saturated carbocycles. The monoisotopic (exact) mass is 384 g/mol. The van der Waals surface area contributed by atoms with Gasteiger partial charge < -0.3 is 19.9 Å². The van der Waals surface area contributed by atoms with Gasteiger partial charge in [-0.1, -0.05) is 18.2 Å². The third-order valence-electron chi connectivity index (χ3n) is 3.87. The summed E-state index contributed by atoms with van der Waals surface area (Å²) >= 11 is 1.34. The molecule has 3 rings (SSSR count). The summed E-state index contributed by atoms with van der Waals surface area (Å²) in [5, 5.41) is 2.31. The zero-order valence-electron chi connectivity index (χ0n) is 15.1. The van der Waals surface area contributed by atoms with Crippen LogP contribution in [-0.4, -0.2) is 24.7 Å². The van der Waals surface area contributed by atoms with Crippen molar-refractivity contribution in [3.8, 4) is 22.8 Å². The lowest BCUT2D eigenvalue weighted by Gasteiger charge is -2.13. The van der Waals surface area contributed by atoms with Crippen LogP contribution in [0.5, 0.6) is 11.5 Å². The molecule has 27 heavy (non-hydrogen) atoms. The van der Waals surface area contributed by atoms with Gasteiger partial charge in [-0.15, -0.1) is 11.3 Å². The average Bonchev–Trinajstić information content (AvgIpc) is 3.13. The molecule has 2 N–H and O–H groups in total. The Bertz CT molecular complexity index is 939. The largest absolute Gasteiger partial charge is 0.496 e. The van der Waals surface area contributed by atoms with Crippen LogP contribution in [0.25, 0.3) is 11.3 Å². The van der Waals surface area contributed by atoms with Gasteiger partial charge in [-0.3, -0.25) is 0 Å². The van der Waals surface area contributed by atoms with Crippen LogP contribution in [0.3, 0.4) is 0 Å². The Labute approximate surface area is 161 Å². The van der Waals surface area contributed by atoms with Crippen molar-refractivity contribution < 1.29 is 19.0 Å². The van der Waals surface area contributed by atoms with E-state index in [0.717, 1.165) is 16.9 Å². The number of thiazole rings is 1. The number of hydrogen-bond donors (Lipinski definition) is 1. The molecule has 0 saturated heterocycles. The second-order valence-corrected chi connectivity index (χ2v) is 6.49. The van der Waals surface area contributed by atoms with Crippen LogP contribution in [0.4, 0.5) is 5.13 Å². The number of methoxy groups -OCH3 is 1. The van der Waals surface area contributed by atoms with Crippen LogP contribution in [0.2, 0.25) is 0 Å². The number of carbonyl (C=O) groups excluding carboxylic acids is 1. The molecule has 1 heterocycles. The number of nitrogens with zero attached hydrogens (tertiary/aromatic N) is 1. The summed E-state index contributed by atoms with van der Waals surface area (Å²) < 4.78 is 16.4. The van der Waals surface area contributed by atoms with Crippen LogP contribution in [0.1, 0.15) is 22.8 Å². The fraction of sp³-hybridized carbons (Fsp3) is 0.200. The highest BCUT2D eigenvalue weighted by Gasteiger charge is 2.17. The second kappa shape index (κ2) is 8.55. The molecule has 0 aliphatic heterocycles. The minimum absolute atomic E-state index is 0.263. The van der Waals surface area contributed by atoms with E-state index in [9.17, 15) is 4.79 Å². The summed E-state index contributed by atoms with van der Waals surface area (Å²) in [6.45, 7) is 2.30. The number of aromatic nitrogens is 1. The summed E-state index contributed by atoms with van der Waals surface area (Å²) in [5.41, 5.74) is 8.42. The van der Waals surface area contributed by atoms with Crippen molar-refractivity contribution in [3.05, 3.63) is 59.0 Å². The number of anilines is 1. The molecule has 7 heteroatoms. The molecule has 0 spiro atoms. The standard InChI is InChI=1S/C20H20N2O4S/c1-3-25-19(23)15-10-13(16-12-27-20(21)22-16)8-9-18(15)26-11-14-6-4-5-7-17(14)24-2/h4-10,12H,3,11H2,1-2H3,(H2,21,22). The van der Waals surface area contributed by atoms with Gasteiger partial charge in [-0.2, -0.15) is 0 Å². The van der Waals surface area contributed by atoms with E-state index in [2.05, 4.69) is 4.98 Å². The van der Waals surface area contributed by atoms with Crippen LogP contribution < -0.4 is 15.2 Å². The van der Waals surface area contributed by atoms with Crippen molar-refractivity contribution in [2.24, 2.45) is 0 Å². The van der Waals surface area contributed by atoms with Crippen LogP contribution in [0.15, 0.2) is 47.8 Å². The predicted molar refractivity (Wildman–Crippen MR) is 105 cm³/mol. The van der Waals surface area contributed by atoms with E-state index in [4.69, 9.17) is 19.9 Å². The maximum absolute atomic E-state index is 12.4. The highest BCUT2D eigenvalue weighted by molar-refractivity contribution is 7.13. The molecule has 0 fully saturated rings. The molecule has 6 nitrogen and oxygen atoms in total. The molecule has 0 unspecified atom stereocenters. The zero-order valence-corrected chi connectivity index (χ0v) is 15.9. The van der Waals surface area contributed by atoms with E-state index in [0.29, 0.717) is 22.1 Å². The number of hydrogen-bond acceptors (Lipinski definition) is 7. The van der Waals surface area contributed by atoms with E-state index in [1.54, 1.807) is 26.2 Å². The molecule has 1 aromatic heterocycles. The molecule has 140 valence electrons. The summed E-state index contributed by atoms with van der Waals surface area (Å²) in [6.07, 6.45) is 0. The molecule has 3 aromatic rings. The topological polar surface area (TPSA) is 83.7 Å². The molecule has 2 aromatic carbocycles. The van der Waals surface area contributed by atoms with E-state index in [1.165, 1.54) is 11.3 Å². The molecule has 0 amide bonds. The Hall–Kier alpha value is -3.06. The molecule has 0 radical (unpaired) electrons. The van der Waals surface area contributed by atoms with Crippen LogP contribution >= 0.6 is 11.3 Å². The lowest BCUT2D eigenvalue weighted by Crippen LogP contribution is -2.08. The van der Waals surface area contributed by atoms with Crippen LogP contribution in [-0.2, 0) is 11.3 Å². The second-order valence-electron chi connectivity index (χ2n) is 5.60. The molecule has 0 bridgehead atoms. The number of benzene rings is 2. The Morgan fingerprint density at radius 1 is 1.19 bits per heavy atom. The first-order chi connectivity index (χ1) is 13.1. The summed E-state index contributed by atoms with van der Waals surface area (Å²) in [6, 6.07) is 12.9. The highest BCUT2D eigenvalue weighted by atomic mass is 32.1. The molecular weight excluding hydrogens is 364 g/mol. The van der Waals surface area contributed by atoms with E-state index >= 15 is 0 Å². The van der Waals surface area contributed by atoms with E-state index < -0.39 is 5.97 Å². The minimum Gasteiger partial charge on any atom is -0.496 e. The van der Waals surface area contributed by atoms with Crippen molar-refractivity contribution in [1.82, 2.24) is 4.98 Å². The van der Waals surface area contributed by atoms with Gasteiger partial charge in [0.15, 0.2) is 5.13 Å². The summed E-state index contributed by atoms with van der Waals surface area (Å²) in [4.78, 5) is 16.7. The number of rotatable bonds is 7. The Morgan fingerprint density at radius 3 is 2.70 bits per heavy atom. The lowest BCUT2D eigenvalue weighted by molar-refractivity contribution is 0.0521. The van der Waals surface area contributed by atoms with Crippen molar-refractivity contribution in [2.75, 3.05) is 19.5 Å². The molecular formula is C20H20N2O4S. The van der Waals surface area contributed by atoms with Crippen molar-refractivity contribution in [3.63, 3.8) is 0 Å². The van der Waals surface area contributed by atoms with Gasteiger partial charge in [0.1, 0.15) is 23.7 Å². The van der Waals surface area contributed by atoms with Gasteiger partial charge in [0.25, 0.3) is 0 Å². The van der Waals surface area contributed by atoms with Gasteiger partial charge in [0, 0.05) is 16.5 Å². The first kappa shape index (κ1) is 18.7. The smallest absolute Gasteiger partial charge is 0.341 e. The predicted octanol–water partition coefficient (Wildman–Crippen LogP) is 4.16. The van der Waals surface area contributed by atoms with Gasteiger partial charge in [-0.25, -0.2) is 9.78 Å². The third-order valence-corrected chi connectivity index (χ3v) is 4.54. The van der Waals surface area contributed by atoms with E-state index in [1.807, 2.05) is 35.7 Å². The van der Waals surface area contributed by atoms with Crippen molar-refractivity contribution >= 4 is 22.4 Å². The minimum atomic E-state index is -0.447. The molecule has 0 aliphatic carbocycles. The molecule has 0 atom stereocenters. The fourth-order valence-corrected chi connectivity index (χ4v) is 3.15. The number of esters is 1. The average molecular weight is 384 g/mol. The Morgan fingerprint density at radius 2 is 2.00 bits per heavy atom. The normalized spacial score (nSPS) is 10.4. The Kier molecular flexibility index (Phi) is 5.93. The third kappa shape index (κ3) is 4.38. The van der Waals surface area contributed by atoms with Crippen LogP contribution in [0, 0.1) is 0 Å². The highest BCUT2D eigenvalue weighted by Crippen LogP contribution is 2.30. The maximum Gasteiger partial charge on any atom is 0.341 e. The van der Waals surface area contributed by atoms with Gasteiger partial charge in [0.05, 0.1) is 19.4 Å². The quantitative estimate of drug-likeness (QED) is 0.616. The first-order valence-corrected chi connectivity index (χ1v) is 9.27. The number of nitrogens with two attached hydrogens (primary N) is 1. The lowest BCUT2D eigenvalue weighted by atomic mass is 10.1. The number of para-hydroxylation sites is 1. The number of ether oxygens (including phenoxy) is 3. The van der Waals surface area contributed by atoms with E-state index in [-0.39, 0.29) is 13.2 Å². The zero-order chi connectivity index (χ0) is 19.2. The fourth-order valence-electron chi connectivity index (χ4n) is 2.58. The SMILES string of the molecule is CCOC(=O)c1cc(-c2csc(N)n2)ccc1OCc1ccccc1OC. The van der Waals surface area contributed by atoms with Gasteiger partial charge in [-0.05, 0) is 31.2 Å². The number of nitrogen functional groups attached to an aromatic ring is 1. The summed E-state index contributed by atoms with van der Waals surface area (Å²) in [7, 11) is 1.61. The summed E-state index contributed by atoms with van der Waals surface area (Å²) in [5.74, 6) is 0.716. The van der Waals surface area contributed by atoms with Gasteiger partial charge in [0.2, 0.25) is 0 Å². The maximum atomic E-state index is 12.4. The van der Waals surface area contributed by atoms with Gasteiger partial charge >= 0.3 is 5.97 Å². The number of carbonyl (C=O) groups is 1. The molecule has 0 aliphatic rings. The Balaban J connectivity index is 1.90. The first-order valence-electron chi connectivity index (χ1n) is 8.39. The van der Waals surface area contributed by atoms with Crippen molar-refractivity contribution in [1.29, 1.82) is 0 Å².